The third kappa shape index (κ3) is 30.9. The quantitative estimate of drug-likeness (QED) is 0.0600. The van der Waals surface area contributed by atoms with E-state index in [1.54, 1.807) is 0 Å². The van der Waals surface area contributed by atoms with Gasteiger partial charge >= 0.3 is 11.9 Å². The SMILES string of the molecule is CCCCCCCCCCCCCCCCCCN(CCCCCCCCCCCC)[C@](CCCCCCCC)(C(=O)O)C(CCCCCCCC)CC(=O)O. The number of hydrogen-bond donors (Lipinski definition) is 2. The van der Waals surface area contributed by atoms with Crippen molar-refractivity contribution in [2.24, 2.45) is 5.92 Å². The van der Waals surface area contributed by atoms with Crippen molar-refractivity contribution < 1.29 is 19.8 Å². The number of nitrogens with zero attached hydrogens (tertiary/aromatic N) is 1. The Balaban J connectivity index is 5.55. The first kappa shape index (κ1) is 54.9. The Kier molecular flexibility index (Phi) is 41.2. The summed E-state index contributed by atoms with van der Waals surface area (Å²) in [7, 11) is 0. The van der Waals surface area contributed by atoms with Gasteiger partial charge in [0.1, 0.15) is 5.54 Å². The molecule has 0 aliphatic rings. The summed E-state index contributed by atoms with van der Waals surface area (Å²) in [5.41, 5.74) is -1.10. The Morgan fingerprint density at radius 2 is 0.661 bits per heavy atom. The zero-order valence-corrected chi connectivity index (χ0v) is 38.6. The molecule has 0 rings (SSSR count). The fraction of sp³-hybridized carbons (Fsp3) is 0.961. The van der Waals surface area contributed by atoms with Crippen molar-refractivity contribution in [1.29, 1.82) is 0 Å². The first-order valence-corrected chi connectivity index (χ1v) is 25.6. The van der Waals surface area contributed by atoms with E-state index in [4.69, 9.17) is 0 Å². The summed E-state index contributed by atoms with van der Waals surface area (Å²) in [6, 6.07) is 0. The van der Waals surface area contributed by atoms with Crippen molar-refractivity contribution in [3.05, 3.63) is 0 Å². The Labute approximate surface area is 351 Å². The largest absolute Gasteiger partial charge is 0.481 e. The van der Waals surface area contributed by atoms with Gasteiger partial charge in [0, 0.05) is 0 Å². The van der Waals surface area contributed by atoms with E-state index in [0.717, 1.165) is 77.3 Å². The van der Waals surface area contributed by atoms with Crippen molar-refractivity contribution in [2.45, 2.75) is 296 Å². The third-order valence-electron chi connectivity index (χ3n) is 12.9. The van der Waals surface area contributed by atoms with Gasteiger partial charge in [0.25, 0.3) is 0 Å². The van der Waals surface area contributed by atoms with Gasteiger partial charge in [0.15, 0.2) is 0 Å². The molecular weight excluding hydrogens is 691 g/mol. The van der Waals surface area contributed by atoms with Crippen LogP contribution in [0.2, 0.25) is 0 Å². The van der Waals surface area contributed by atoms with E-state index in [0.29, 0.717) is 12.8 Å². The molecule has 0 saturated heterocycles. The molecule has 5 heteroatoms. The van der Waals surface area contributed by atoms with Crippen LogP contribution in [0.3, 0.4) is 0 Å². The van der Waals surface area contributed by atoms with Gasteiger partial charge in [-0.3, -0.25) is 14.5 Å². The number of hydrogen-bond acceptors (Lipinski definition) is 3. The monoisotopic (exact) mass is 792 g/mol. The molecule has 2 atom stereocenters. The van der Waals surface area contributed by atoms with Gasteiger partial charge < -0.3 is 10.2 Å². The van der Waals surface area contributed by atoms with Crippen LogP contribution in [0.25, 0.3) is 0 Å². The Morgan fingerprint density at radius 1 is 0.393 bits per heavy atom. The van der Waals surface area contributed by atoms with Gasteiger partial charge in [-0.15, -0.1) is 0 Å². The van der Waals surface area contributed by atoms with E-state index in [-0.39, 0.29) is 12.3 Å². The summed E-state index contributed by atoms with van der Waals surface area (Å²) in [6.45, 7) is 10.6. The molecule has 0 aromatic carbocycles. The van der Waals surface area contributed by atoms with Gasteiger partial charge in [-0.1, -0.05) is 259 Å². The zero-order chi connectivity index (χ0) is 41.2. The van der Waals surface area contributed by atoms with Crippen LogP contribution in [0.5, 0.6) is 0 Å². The molecule has 0 heterocycles. The lowest BCUT2D eigenvalue weighted by atomic mass is 9.73. The normalized spacial score (nSPS) is 13.4. The molecule has 0 radical (unpaired) electrons. The number of carboxylic acids is 2. The summed E-state index contributed by atoms with van der Waals surface area (Å²) in [5.74, 6) is -1.95. The van der Waals surface area contributed by atoms with Crippen molar-refractivity contribution in [3.63, 3.8) is 0 Å². The minimum atomic E-state index is -1.10. The van der Waals surface area contributed by atoms with Crippen molar-refractivity contribution in [3.8, 4) is 0 Å². The number of carbonyl (C=O) groups is 2. The van der Waals surface area contributed by atoms with Crippen LogP contribution >= 0.6 is 0 Å². The highest BCUT2D eigenvalue weighted by atomic mass is 16.4. The minimum absolute atomic E-state index is 0.0371. The molecule has 5 nitrogen and oxygen atoms in total. The van der Waals surface area contributed by atoms with Gasteiger partial charge in [-0.05, 0) is 44.7 Å². The maximum absolute atomic E-state index is 13.8. The van der Waals surface area contributed by atoms with E-state index in [1.807, 2.05) is 0 Å². The number of rotatable bonds is 47. The Morgan fingerprint density at radius 3 is 0.946 bits per heavy atom. The molecule has 2 N–H and O–H groups in total. The topological polar surface area (TPSA) is 77.8 Å². The maximum atomic E-state index is 13.8. The van der Waals surface area contributed by atoms with Gasteiger partial charge in [-0.25, -0.2) is 0 Å². The summed E-state index contributed by atoms with van der Waals surface area (Å²) in [6.07, 6.45) is 48.6. The molecule has 0 aliphatic heterocycles. The maximum Gasteiger partial charge on any atom is 0.324 e. The van der Waals surface area contributed by atoms with E-state index in [9.17, 15) is 19.8 Å². The van der Waals surface area contributed by atoms with Crippen LogP contribution in [-0.4, -0.2) is 45.7 Å². The Hall–Kier alpha value is -1.10. The fourth-order valence-corrected chi connectivity index (χ4v) is 9.26. The number of carboxylic acid groups (broad SMARTS) is 2. The third-order valence-corrected chi connectivity index (χ3v) is 12.9. The smallest absolute Gasteiger partial charge is 0.324 e. The summed E-state index contributed by atoms with van der Waals surface area (Å²) >= 11 is 0. The van der Waals surface area contributed by atoms with Gasteiger partial charge in [0.2, 0.25) is 0 Å². The van der Waals surface area contributed by atoms with Crippen LogP contribution in [-0.2, 0) is 9.59 Å². The molecular formula is C51H101NO4. The molecule has 334 valence electrons. The molecule has 0 amide bonds. The zero-order valence-electron chi connectivity index (χ0n) is 38.6. The average molecular weight is 792 g/mol. The van der Waals surface area contributed by atoms with Crippen LogP contribution in [0.4, 0.5) is 0 Å². The molecule has 56 heavy (non-hydrogen) atoms. The summed E-state index contributed by atoms with van der Waals surface area (Å²) in [4.78, 5) is 28.7. The van der Waals surface area contributed by atoms with Crippen molar-refractivity contribution in [2.75, 3.05) is 13.1 Å². The summed E-state index contributed by atoms with van der Waals surface area (Å²) < 4.78 is 0. The highest BCUT2D eigenvalue weighted by Gasteiger charge is 2.50. The summed E-state index contributed by atoms with van der Waals surface area (Å²) in [5, 5.41) is 21.6. The van der Waals surface area contributed by atoms with Crippen LogP contribution in [0, 0.1) is 5.92 Å². The van der Waals surface area contributed by atoms with Gasteiger partial charge in [0.05, 0.1) is 6.42 Å². The lowest BCUT2D eigenvalue weighted by Crippen LogP contribution is -2.60. The first-order chi connectivity index (χ1) is 27.4. The second kappa shape index (κ2) is 42.0. The van der Waals surface area contributed by atoms with E-state index >= 15 is 0 Å². The predicted molar refractivity (Wildman–Crippen MR) is 245 cm³/mol. The molecule has 0 spiro atoms. The number of aliphatic carboxylic acids is 2. The lowest BCUT2D eigenvalue weighted by molar-refractivity contribution is -0.160. The molecule has 0 saturated carbocycles. The highest BCUT2D eigenvalue weighted by Crippen LogP contribution is 2.38. The minimum Gasteiger partial charge on any atom is -0.481 e. The lowest BCUT2D eigenvalue weighted by Gasteiger charge is -2.46. The molecule has 0 aliphatic carbocycles. The van der Waals surface area contributed by atoms with Crippen molar-refractivity contribution in [1.82, 2.24) is 4.90 Å². The molecule has 0 aromatic heterocycles. The molecule has 0 fully saturated rings. The van der Waals surface area contributed by atoms with Crippen molar-refractivity contribution >= 4 is 11.9 Å². The second-order valence-corrected chi connectivity index (χ2v) is 18.1. The predicted octanol–water partition coefficient (Wildman–Crippen LogP) is 16.9. The van der Waals surface area contributed by atoms with Crippen LogP contribution in [0.1, 0.15) is 291 Å². The first-order valence-electron chi connectivity index (χ1n) is 25.6. The number of unbranched alkanes of at least 4 members (excludes halogenated alkanes) is 34. The van der Waals surface area contributed by atoms with E-state index < -0.39 is 17.5 Å². The second-order valence-electron chi connectivity index (χ2n) is 18.1. The highest BCUT2D eigenvalue weighted by molar-refractivity contribution is 5.80. The van der Waals surface area contributed by atoms with Crippen LogP contribution < -0.4 is 0 Å². The van der Waals surface area contributed by atoms with E-state index in [2.05, 4.69) is 32.6 Å². The fourth-order valence-electron chi connectivity index (χ4n) is 9.26. The van der Waals surface area contributed by atoms with Crippen LogP contribution in [0.15, 0.2) is 0 Å². The molecule has 0 aromatic rings. The molecule has 0 bridgehead atoms. The molecule has 1 unspecified atom stereocenters. The van der Waals surface area contributed by atoms with Gasteiger partial charge in [-0.2, -0.15) is 0 Å². The Bertz CT molecular complexity index is 833. The standard InChI is InChI=1S/C51H101NO4/c1-5-9-13-17-21-23-25-26-27-28-29-30-32-34-38-42-46-52(45-41-37-33-31-24-22-18-14-10-6-2)51(50(55)56,44-40-36-20-16-12-8-4)48(47-49(53)54)43-39-35-19-15-11-7-3/h48H,5-47H2,1-4H3,(H,53,54)(H,55,56)/t48?,51-/m0/s1. The van der Waals surface area contributed by atoms with E-state index in [1.165, 1.54) is 180 Å². The average Bonchev–Trinajstić information content (AvgIpc) is 3.18.